The van der Waals surface area contributed by atoms with Crippen LogP contribution in [0.2, 0.25) is 0 Å². The van der Waals surface area contributed by atoms with Crippen LogP contribution in [-0.4, -0.2) is 52.0 Å². The highest BCUT2D eigenvalue weighted by Crippen LogP contribution is 2.15. The van der Waals surface area contributed by atoms with Crippen molar-refractivity contribution in [3.8, 4) is 0 Å². The maximum Gasteiger partial charge on any atom is 0.276 e. The van der Waals surface area contributed by atoms with E-state index in [-0.39, 0.29) is 5.91 Å². The van der Waals surface area contributed by atoms with Crippen molar-refractivity contribution in [2.75, 3.05) is 26.2 Å². The molecule has 0 spiro atoms. The molecule has 0 radical (unpaired) electrons. The Labute approximate surface area is 107 Å². The SMILES string of the molecule is CCN(CC)C(=O)c1cn([C@@H]2CCCNC2)nn1. The van der Waals surface area contributed by atoms with Crippen molar-refractivity contribution in [1.29, 1.82) is 0 Å². The van der Waals surface area contributed by atoms with Crippen molar-refractivity contribution < 1.29 is 4.79 Å². The third kappa shape index (κ3) is 2.69. The van der Waals surface area contributed by atoms with Crippen LogP contribution in [0.25, 0.3) is 0 Å². The highest BCUT2D eigenvalue weighted by Gasteiger charge is 2.20. The van der Waals surface area contributed by atoms with E-state index in [1.165, 1.54) is 0 Å². The summed E-state index contributed by atoms with van der Waals surface area (Å²) in [4.78, 5) is 13.9. The smallest absolute Gasteiger partial charge is 0.276 e. The lowest BCUT2D eigenvalue weighted by Crippen LogP contribution is -2.32. The molecule has 1 atom stereocenters. The summed E-state index contributed by atoms with van der Waals surface area (Å²) in [6.07, 6.45) is 4.01. The van der Waals surface area contributed by atoms with Crippen LogP contribution in [-0.2, 0) is 0 Å². The summed E-state index contributed by atoms with van der Waals surface area (Å²) in [5.41, 5.74) is 0.448. The Morgan fingerprint density at radius 2 is 2.33 bits per heavy atom. The van der Waals surface area contributed by atoms with E-state index in [1.54, 1.807) is 11.1 Å². The second kappa shape index (κ2) is 5.95. The summed E-state index contributed by atoms with van der Waals surface area (Å²) in [5, 5.41) is 11.4. The Kier molecular flexibility index (Phi) is 4.30. The number of piperidine rings is 1. The van der Waals surface area contributed by atoms with Crippen molar-refractivity contribution in [3.05, 3.63) is 11.9 Å². The standard InChI is InChI=1S/C12H21N5O/c1-3-16(4-2)12(18)11-9-17(15-14-11)10-6-5-7-13-8-10/h9-10,13H,3-8H2,1-2H3/t10-/m1/s1. The Morgan fingerprint density at radius 3 is 2.94 bits per heavy atom. The van der Waals surface area contributed by atoms with E-state index in [4.69, 9.17) is 0 Å². The van der Waals surface area contributed by atoms with Gasteiger partial charge in [0.25, 0.3) is 5.91 Å². The lowest BCUT2D eigenvalue weighted by atomic mass is 10.1. The summed E-state index contributed by atoms with van der Waals surface area (Å²) >= 11 is 0. The second-order valence-corrected chi connectivity index (χ2v) is 4.56. The maximum absolute atomic E-state index is 12.1. The fraction of sp³-hybridized carbons (Fsp3) is 0.750. The summed E-state index contributed by atoms with van der Waals surface area (Å²) in [6, 6.07) is 0.324. The minimum atomic E-state index is -0.0324. The normalized spacial score (nSPS) is 19.8. The first kappa shape index (κ1) is 13.0. The molecule has 1 aliphatic heterocycles. The number of carbonyl (C=O) groups is 1. The molecule has 18 heavy (non-hydrogen) atoms. The zero-order chi connectivity index (χ0) is 13.0. The van der Waals surface area contributed by atoms with Crippen LogP contribution in [0.15, 0.2) is 6.20 Å². The average Bonchev–Trinajstić information content (AvgIpc) is 2.90. The highest BCUT2D eigenvalue weighted by atomic mass is 16.2. The number of nitrogens with zero attached hydrogens (tertiary/aromatic N) is 4. The van der Waals surface area contributed by atoms with Gasteiger partial charge in [0.1, 0.15) is 0 Å². The first-order valence-corrected chi connectivity index (χ1v) is 6.68. The van der Waals surface area contributed by atoms with Gasteiger partial charge in [-0.2, -0.15) is 0 Å². The Morgan fingerprint density at radius 1 is 1.56 bits per heavy atom. The van der Waals surface area contributed by atoms with E-state index in [1.807, 2.05) is 18.5 Å². The van der Waals surface area contributed by atoms with E-state index in [9.17, 15) is 4.79 Å². The van der Waals surface area contributed by atoms with Gasteiger partial charge in [-0.15, -0.1) is 5.10 Å². The van der Waals surface area contributed by atoms with Gasteiger partial charge in [0.15, 0.2) is 5.69 Å². The van der Waals surface area contributed by atoms with Crippen LogP contribution < -0.4 is 5.32 Å². The van der Waals surface area contributed by atoms with E-state index in [0.29, 0.717) is 24.8 Å². The van der Waals surface area contributed by atoms with E-state index >= 15 is 0 Å². The van der Waals surface area contributed by atoms with E-state index < -0.39 is 0 Å². The summed E-state index contributed by atoms with van der Waals surface area (Å²) in [5.74, 6) is -0.0324. The van der Waals surface area contributed by atoms with Crippen molar-refractivity contribution in [2.24, 2.45) is 0 Å². The Bertz CT molecular complexity index is 393. The molecule has 1 aliphatic rings. The molecule has 0 bridgehead atoms. The summed E-state index contributed by atoms with van der Waals surface area (Å²) in [6.45, 7) is 7.31. The van der Waals surface area contributed by atoms with Gasteiger partial charge in [-0.25, -0.2) is 4.68 Å². The number of hydrogen-bond donors (Lipinski definition) is 1. The van der Waals surface area contributed by atoms with Crippen LogP contribution in [0.5, 0.6) is 0 Å². The van der Waals surface area contributed by atoms with Crippen molar-refractivity contribution >= 4 is 5.91 Å². The number of amides is 1. The number of hydrogen-bond acceptors (Lipinski definition) is 4. The predicted octanol–water partition coefficient (Wildman–Crippen LogP) is 0.685. The zero-order valence-corrected chi connectivity index (χ0v) is 11.1. The fourth-order valence-electron chi connectivity index (χ4n) is 2.29. The molecular formula is C12H21N5O. The molecule has 2 rings (SSSR count). The predicted molar refractivity (Wildman–Crippen MR) is 68.4 cm³/mol. The molecule has 0 aliphatic carbocycles. The Balaban J connectivity index is 2.07. The molecule has 1 fully saturated rings. The molecule has 0 unspecified atom stereocenters. The number of carbonyl (C=O) groups excluding carboxylic acids is 1. The molecule has 1 aromatic rings. The number of nitrogens with one attached hydrogen (secondary N) is 1. The van der Waals surface area contributed by atoms with Gasteiger partial charge in [0.2, 0.25) is 0 Å². The molecule has 0 aromatic carbocycles. The zero-order valence-electron chi connectivity index (χ0n) is 11.1. The van der Waals surface area contributed by atoms with Gasteiger partial charge in [0.05, 0.1) is 12.2 Å². The van der Waals surface area contributed by atoms with Crippen LogP contribution in [0.1, 0.15) is 43.2 Å². The molecule has 100 valence electrons. The second-order valence-electron chi connectivity index (χ2n) is 4.56. The Hall–Kier alpha value is -1.43. The number of aromatic nitrogens is 3. The summed E-state index contributed by atoms with van der Waals surface area (Å²) in [7, 11) is 0. The van der Waals surface area contributed by atoms with Gasteiger partial charge in [0, 0.05) is 19.6 Å². The van der Waals surface area contributed by atoms with Crippen molar-refractivity contribution in [2.45, 2.75) is 32.7 Å². The van der Waals surface area contributed by atoms with Gasteiger partial charge >= 0.3 is 0 Å². The van der Waals surface area contributed by atoms with Crippen LogP contribution in [0.3, 0.4) is 0 Å². The van der Waals surface area contributed by atoms with Gasteiger partial charge in [-0.05, 0) is 33.2 Å². The molecule has 1 saturated heterocycles. The van der Waals surface area contributed by atoms with Crippen molar-refractivity contribution in [3.63, 3.8) is 0 Å². The van der Waals surface area contributed by atoms with E-state index in [2.05, 4.69) is 15.6 Å². The van der Waals surface area contributed by atoms with E-state index in [0.717, 1.165) is 25.9 Å². The summed E-state index contributed by atoms with van der Waals surface area (Å²) < 4.78 is 1.82. The fourth-order valence-corrected chi connectivity index (χ4v) is 2.29. The number of rotatable bonds is 4. The minimum absolute atomic E-state index is 0.0324. The molecule has 6 nitrogen and oxygen atoms in total. The van der Waals surface area contributed by atoms with Crippen LogP contribution in [0, 0.1) is 0 Å². The maximum atomic E-state index is 12.1. The molecule has 6 heteroatoms. The van der Waals surface area contributed by atoms with Gasteiger partial charge in [-0.1, -0.05) is 5.21 Å². The van der Waals surface area contributed by atoms with Gasteiger partial charge < -0.3 is 10.2 Å². The van der Waals surface area contributed by atoms with Crippen LogP contribution >= 0.6 is 0 Å². The largest absolute Gasteiger partial charge is 0.338 e. The molecule has 1 aromatic heterocycles. The quantitative estimate of drug-likeness (QED) is 0.855. The van der Waals surface area contributed by atoms with Crippen LogP contribution in [0.4, 0.5) is 0 Å². The highest BCUT2D eigenvalue weighted by molar-refractivity contribution is 5.91. The van der Waals surface area contributed by atoms with Gasteiger partial charge in [-0.3, -0.25) is 4.79 Å². The lowest BCUT2D eigenvalue weighted by Gasteiger charge is -2.22. The molecule has 1 amide bonds. The van der Waals surface area contributed by atoms with Crippen molar-refractivity contribution in [1.82, 2.24) is 25.2 Å². The lowest BCUT2D eigenvalue weighted by molar-refractivity contribution is 0.0767. The minimum Gasteiger partial charge on any atom is -0.338 e. The monoisotopic (exact) mass is 251 g/mol. The first-order chi connectivity index (χ1) is 8.76. The average molecular weight is 251 g/mol. The molecule has 1 N–H and O–H groups in total. The molecular weight excluding hydrogens is 230 g/mol. The molecule has 0 saturated carbocycles. The molecule has 2 heterocycles. The third-order valence-corrected chi connectivity index (χ3v) is 3.43. The third-order valence-electron chi connectivity index (χ3n) is 3.43. The first-order valence-electron chi connectivity index (χ1n) is 6.68. The topological polar surface area (TPSA) is 63.1 Å².